The van der Waals surface area contributed by atoms with Crippen molar-refractivity contribution in [1.29, 1.82) is 0 Å². The third-order valence-corrected chi connectivity index (χ3v) is 4.44. The summed E-state index contributed by atoms with van der Waals surface area (Å²) in [7, 11) is 0. The highest BCUT2D eigenvalue weighted by Crippen LogP contribution is 2.40. The summed E-state index contributed by atoms with van der Waals surface area (Å²) < 4.78 is 5.41. The minimum atomic E-state index is -0.546. The highest BCUT2D eigenvalue weighted by Gasteiger charge is 2.51. The maximum Gasteiger partial charge on any atom is 0.411 e. The summed E-state index contributed by atoms with van der Waals surface area (Å²) in [5, 5.41) is 0. The Bertz CT molecular complexity index is 591. The number of carbonyl (C=O) groups is 2. The number of amides is 1. The second-order valence-electron chi connectivity index (χ2n) is 6.19. The minimum Gasteiger partial charge on any atom is -0.445 e. The quantitative estimate of drug-likeness (QED) is 0.785. The first-order valence-electron chi connectivity index (χ1n) is 7.21. The SMILES string of the molecule is CC1(C)C(=O)C[C@@H]2C=C[C@H]1N2C(=O)OCc1ccccc1. The van der Waals surface area contributed by atoms with E-state index in [1.807, 2.05) is 56.3 Å². The second-order valence-corrected chi connectivity index (χ2v) is 6.19. The molecule has 1 saturated heterocycles. The summed E-state index contributed by atoms with van der Waals surface area (Å²) in [5.74, 6) is 0.203. The molecule has 2 aliphatic rings. The molecule has 4 heteroatoms. The molecule has 1 amide bonds. The molecule has 3 rings (SSSR count). The van der Waals surface area contributed by atoms with Crippen molar-refractivity contribution in [1.82, 2.24) is 4.90 Å². The lowest BCUT2D eigenvalue weighted by Gasteiger charge is -2.43. The molecule has 110 valence electrons. The average Bonchev–Trinajstić information content (AvgIpc) is 2.85. The molecule has 0 spiro atoms. The Morgan fingerprint density at radius 3 is 2.71 bits per heavy atom. The fraction of sp³-hybridized carbons (Fsp3) is 0.412. The number of rotatable bonds is 2. The van der Waals surface area contributed by atoms with Crippen molar-refractivity contribution in [2.75, 3.05) is 0 Å². The number of fused-ring (bicyclic) bond motifs is 2. The number of nitrogens with zero attached hydrogens (tertiary/aromatic N) is 1. The first-order valence-corrected chi connectivity index (χ1v) is 7.21. The van der Waals surface area contributed by atoms with Crippen molar-refractivity contribution in [2.24, 2.45) is 5.41 Å². The van der Waals surface area contributed by atoms with Crippen LogP contribution in [0.1, 0.15) is 25.8 Å². The van der Waals surface area contributed by atoms with Crippen molar-refractivity contribution in [2.45, 2.75) is 39.0 Å². The molecular weight excluding hydrogens is 266 g/mol. The summed E-state index contributed by atoms with van der Waals surface area (Å²) in [6.07, 6.45) is 3.93. The highest BCUT2D eigenvalue weighted by atomic mass is 16.6. The van der Waals surface area contributed by atoms with Gasteiger partial charge in [0.15, 0.2) is 0 Å². The standard InChI is InChI=1S/C17H19NO3/c1-17(2)14-9-8-13(10-15(17)19)18(14)16(20)21-11-12-6-4-3-5-7-12/h3-9,13-14H,10-11H2,1-2H3/t13-,14+/m0/s1. The fourth-order valence-corrected chi connectivity index (χ4v) is 3.04. The Hall–Kier alpha value is -2.10. The lowest BCUT2D eigenvalue weighted by molar-refractivity contribution is -0.134. The van der Waals surface area contributed by atoms with Gasteiger partial charge in [0.1, 0.15) is 12.4 Å². The van der Waals surface area contributed by atoms with Gasteiger partial charge in [-0.2, -0.15) is 0 Å². The van der Waals surface area contributed by atoms with Gasteiger partial charge in [-0.1, -0.05) is 56.3 Å². The van der Waals surface area contributed by atoms with Gasteiger partial charge in [0, 0.05) is 11.8 Å². The van der Waals surface area contributed by atoms with Crippen LogP contribution in [-0.4, -0.2) is 28.9 Å². The van der Waals surface area contributed by atoms with E-state index in [1.54, 1.807) is 4.90 Å². The first-order chi connectivity index (χ1) is 10.00. The van der Waals surface area contributed by atoms with Crippen LogP contribution in [0, 0.1) is 5.41 Å². The van der Waals surface area contributed by atoms with E-state index in [0.29, 0.717) is 6.42 Å². The van der Waals surface area contributed by atoms with E-state index in [1.165, 1.54) is 0 Å². The highest BCUT2D eigenvalue weighted by molar-refractivity contribution is 5.89. The molecule has 0 aromatic heterocycles. The fourth-order valence-electron chi connectivity index (χ4n) is 3.04. The molecule has 21 heavy (non-hydrogen) atoms. The molecule has 1 fully saturated rings. The molecule has 1 aromatic carbocycles. The molecule has 2 aliphatic heterocycles. The van der Waals surface area contributed by atoms with Crippen molar-refractivity contribution in [3.8, 4) is 0 Å². The van der Waals surface area contributed by atoms with E-state index in [4.69, 9.17) is 4.74 Å². The zero-order chi connectivity index (χ0) is 15.0. The van der Waals surface area contributed by atoms with Crippen LogP contribution in [0.2, 0.25) is 0 Å². The van der Waals surface area contributed by atoms with E-state index >= 15 is 0 Å². The zero-order valence-corrected chi connectivity index (χ0v) is 12.3. The smallest absolute Gasteiger partial charge is 0.411 e. The van der Waals surface area contributed by atoms with E-state index in [9.17, 15) is 9.59 Å². The number of Topliss-reactive ketones (excluding diaryl/α,β-unsaturated/α-hetero) is 1. The van der Waals surface area contributed by atoms with Crippen molar-refractivity contribution < 1.29 is 14.3 Å². The van der Waals surface area contributed by atoms with Crippen LogP contribution in [0.4, 0.5) is 4.79 Å². The molecule has 0 saturated carbocycles. The van der Waals surface area contributed by atoms with E-state index < -0.39 is 5.41 Å². The van der Waals surface area contributed by atoms with Crippen molar-refractivity contribution >= 4 is 11.9 Å². The largest absolute Gasteiger partial charge is 0.445 e. The lowest BCUT2D eigenvalue weighted by atomic mass is 9.76. The number of hydrogen-bond acceptors (Lipinski definition) is 3. The maximum absolute atomic E-state index is 12.4. The Morgan fingerprint density at radius 1 is 1.29 bits per heavy atom. The number of ketones is 1. The molecule has 0 radical (unpaired) electrons. The predicted octanol–water partition coefficient (Wildman–Crippen LogP) is 2.93. The molecular formula is C17H19NO3. The molecule has 4 nitrogen and oxygen atoms in total. The van der Waals surface area contributed by atoms with Gasteiger partial charge in [0.25, 0.3) is 0 Å². The number of hydrogen-bond donors (Lipinski definition) is 0. The first kappa shape index (κ1) is 13.9. The van der Waals surface area contributed by atoms with E-state index in [2.05, 4.69) is 0 Å². The van der Waals surface area contributed by atoms with Crippen LogP contribution in [-0.2, 0) is 16.1 Å². The van der Waals surface area contributed by atoms with Crippen molar-refractivity contribution in [3.63, 3.8) is 0 Å². The zero-order valence-electron chi connectivity index (χ0n) is 12.3. The van der Waals surface area contributed by atoms with Gasteiger partial charge in [-0.25, -0.2) is 4.79 Å². The predicted molar refractivity (Wildman–Crippen MR) is 78.6 cm³/mol. The monoisotopic (exact) mass is 285 g/mol. The van der Waals surface area contributed by atoms with Gasteiger partial charge in [0.05, 0.1) is 12.1 Å². The summed E-state index contributed by atoms with van der Waals surface area (Å²) >= 11 is 0. The Kier molecular flexibility index (Phi) is 3.32. The van der Waals surface area contributed by atoms with E-state index in [-0.39, 0.29) is 30.6 Å². The second kappa shape index (κ2) is 5.02. The topological polar surface area (TPSA) is 46.6 Å². The van der Waals surface area contributed by atoms with Gasteiger partial charge in [-0.15, -0.1) is 0 Å². The van der Waals surface area contributed by atoms with E-state index in [0.717, 1.165) is 5.56 Å². The minimum absolute atomic E-state index is 0.154. The van der Waals surface area contributed by atoms with Crippen molar-refractivity contribution in [3.05, 3.63) is 48.0 Å². The third-order valence-electron chi connectivity index (χ3n) is 4.44. The third kappa shape index (κ3) is 2.35. The van der Waals surface area contributed by atoms with Crippen LogP contribution in [0.15, 0.2) is 42.5 Å². The summed E-state index contributed by atoms with van der Waals surface area (Å²) in [4.78, 5) is 26.2. The van der Waals surface area contributed by atoms with Gasteiger partial charge in [-0.3, -0.25) is 9.69 Å². The molecule has 2 bridgehead atoms. The van der Waals surface area contributed by atoms with Crippen LogP contribution >= 0.6 is 0 Å². The Labute approximate surface area is 124 Å². The number of benzene rings is 1. The average molecular weight is 285 g/mol. The summed E-state index contributed by atoms with van der Waals surface area (Å²) in [6.45, 7) is 4.04. The number of carbonyl (C=O) groups excluding carboxylic acids is 2. The summed E-state index contributed by atoms with van der Waals surface area (Å²) in [6, 6.07) is 9.24. The molecule has 2 atom stereocenters. The molecule has 2 heterocycles. The normalized spacial score (nSPS) is 26.0. The molecule has 0 unspecified atom stereocenters. The molecule has 0 N–H and O–H groups in total. The van der Waals surface area contributed by atoms with Gasteiger partial charge in [0.2, 0.25) is 0 Å². The van der Waals surface area contributed by atoms with Gasteiger partial charge < -0.3 is 4.74 Å². The Balaban J connectivity index is 1.70. The maximum atomic E-state index is 12.4. The summed E-state index contributed by atoms with van der Waals surface area (Å²) in [5.41, 5.74) is 0.411. The van der Waals surface area contributed by atoms with Crippen LogP contribution in [0.25, 0.3) is 0 Å². The lowest BCUT2D eigenvalue weighted by Crippen LogP contribution is -2.56. The van der Waals surface area contributed by atoms with Gasteiger partial charge in [-0.05, 0) is 5.56 Å². The van der Waals surface area contributed by atoms with Crippen LogP contribution in [0.3, 0.4) is 0 Å². The molecule has 1 aromatic rings. The molecule has 0 aliphatic carbocycles. The van der Waals surface area contributed by atoms with Crippen LogP contribution < -0.4 is 0 Å². The number of ether oxygens (including phenoxy) is 1. The Morgan fingerprint density at radius 2 is 2.00 bits per heavy atom. The number of piperidine rings is 1. The van der Waals surface area contributed by atoms with Gasteiger partial charge >= 0.3 is 6.09 Å². The van der Waals surface area contributed by atoms with Crippen LogP contribution in [0.5, 0.6) is 0 Å².